The third-order valence-electron chi connectivity index (χ3n) is 3.07. The van der Waals surface area contributed by atoms with Crippen LogP contribution in [0, 0.1) is 13.8 Å². The van der Waals surface area contributed by atoms with Gasteiger partial charge in [0, 0.05) is 0 Å². The summed E-state index contributed by atoms with van der Waals surface area (Å²) in [6.45, 7) is 5.69. The molecule has 0 aromatic heterocycles. The Morgan fingerprint density at radius 1 is 1.14 bits per heavy atom. The standard InChI is InChI=1S/C18H20N2O2/c1-13-9-14(2)11-17(10-13)22-15(3)18(21)20-19-12-16-7-5-4-6-8-16/h4-12,15H,1-3H3,(H,20,21). The predicted octanol–water partition coefficient (Wildman–Crippen LogP) is 3.22. The number of amides is 1. The van der Waals surface area contributed by atoms with E-state index >= 15 is 0 Å². The number of ether oxygens (including phenoxy) is 1. The van der Waals surface area contributed by atoms with Crippen LogP contribution in [0.1, 0.15) is 23.6 Å². The molecular formula is C18H20N2O2. The quantitative estimate of drug-likeness (QED) is 0.680. The number of nitrogens with zero attached hydrogens (tertiary/aromatic N) is 1. The number of rotatable bonds is 5. The number of carbonyl (C=O) groups is 1. The van der Waals surface area contributed by atoms with Crippen molar-refractivity contribution in [2.45, 2.75) is 26.9 Å². The molecule has 0 aliphatic heterocycles. The molecule has 1 N–H and O–H groups in total. The fourth-order valence-electron chi connectivity index (χ4n) is 2.06. The zero-order valence-corrected chi connectivity index (χ0v) is 13.0. The normalized spacial score (nSPS) is 12.1. The lowest BCUT2D eigenvalue weighted by Gasteiger charge is -2.14. The average Bonchev–Trinajstić information content (AvgIpc) is 2.47. The fraction of sp³-hybridized carbons (Fsp3) is 0.222. The van der Waals surface area contributed by atoms with Gasteiger partial charge in [-0.05, 0) is 49.6 Å². The maximum atomic E-state index is 12.0. The highest BCUT2D eigenvalue weighted by Crippen LogP contribution is 2.17. The molecule has 0 fully saturated rings. The van der Waals surface area contributed by atoms with Crippen LogP contribution in [0.2, 0.25) is 0 Å². The minimum atomic E-state index is -0.617. The number of benzene rings is 2. The van der Waals surface area contributed by atoms with Gasteiger partial charge in [-0.2, -0.15) is 5.10 Å². The van der Waals surface area contributed by atoms with E-state index in [2.05, 4.69) is 16.6 Å². The van der Waals surface area contributed by atoms with Crippen molar-refractivity contribution in [3.8, 4) is 5.75 Å². The molecule has 114 valence electrons. The van der Waals surface area contributed by atoms with Crippen molar-refractivity contribution in [2.75, 3.05) is 0 Å². The fourth-order valence-corrected chi connectivity index (χ4v) is 2.06. The Kier molecular flexibility index (Phi) is 5.31. The Hall–Kier alpha value is -2.62. The van der Waals surface area contributed by atoms with Crippen molar-refractivity contribution >= 4 is 12.1 Å². The van der Waals surface area contributed by atoms with Gasteiger partial charge in [-0.15, -0.1) is 0 Å². The lowest BCUT2D eigenvalue weighted by Crippen LogP contribution is -2.33. The summed E-state index contributed by atoms with van der Waals surface area (Å²) in [4.78, 5) is 12.0. The summed E-state index contributed by atoms with van der Waals surface area (Å²) >= 11 is 0. The molecule has 0 saturated carbocycles. The summed E-state index contributed by atoms with van der Waals surface area (Å²) in [5, 5.41) is 3.93. The second kappa shape index (κ2) is 7.41. The van der Waals surface area contributed by atoms with Gasteiger partial charge in [0.25, 0.3) is 5.91 Å². The molecule has 0 heterocycles. The molecule has 0 radical (unpaired) electrons. The van der Waals surface area contributed by atoms with Crippen LogP contribution in [0.5, 0.6) is 5.75 Å². The summed E-state index contributed by atoms with van der Waals surface area (Å²) in [6, 6.07) is 15.4. The summed E-state index contributed by atoms with van der Waals surface area (Å²) in [5.41, 5.74) is 5.61. The topological polar surface area (TPSA) is 50.7 Å². The van der Waals surface area contributed by atoms with Crippen LogP contribution >= 0.6 is 0 Å². The van der Waals surface area contributed by atoms with Crippen molar-refractivity contribution in [2.24, 2.45) is 5.10 Å². The van der Waals surface area contributed by atoms with E-state index in [1.807, 2.05) is 56.3 Å². The molecule has 2 aromatic rings. The van der Waals surface area contributed by atoms with Crippen LogP contribution in [0.3, 0.4) is 0 Å². The van der Waals surface area contributed by atoms with E-state index in [0.717, 1.165) is 16.7 Å². The van der Waals surface area contributed by atoms with Gasteiger partial charge in [0.05, 0.1) is 6.21 Å². The molecule has 0 aliphatic carbocycles. The van der Waals surface area contributed by atoms with E-state index in [1.165, 1.54) is 0 Å². The van der Waals surface area contributed by atoms with Crippen LogP contribution in [0.25, 0.3) is 0 Å². The molecule has 0 saturated heterocycles. The molecule has 0 spiro atoms. The first kappa shape index (κ1) is 15.8. The van der Waals surface area contributed by atoms with Crippen molar-refractivity contribution in [1.82, 2.24) is 5.43 Å². The number of aryl methyl sites for hydroxylation is 2. The Morgan fingerprint density at radius 2 is 1.77 bits per heavy atom. The highest BCUT2D eigenvalue weighted by molar-refractivity contribution is 5.84. The molecule has 0 aliphatic rings. The van der Waals surface area contributed by atoms with E-state index in [4.69, 9.17) is 4.74 Å². The number of nitrogens with one attached hydrogen (secondary N) is 1. The predicted molar refractivity (Wildman–Crippen MR) is 88.2 cm³/mol. The van der Waals surface area contributed by atoms with E-state index in [9.17, 15) is 4.79 Å². The van der Waals surface area contributed by atoms with Crippen molar-refractivity contribution in [1.29, 1.82) is 0 Å². The summed E-state index contributed by atoms with van der Waals surface area (Å²) in [7, 11) is 0. The van der Waals surface area contributed by atoms with Gasteiger partial charge in [-0.25, -0.2) is 5.43 Å². The maximum Gasteiger partial charge on any atom is 0.280 e. The molecule has 2 aromatic carbocycles. The highest BCUT2D eigenvalue weighted by Gasteiger charge is 2.14. The molecule has 1 amide bonds. The lowest BCUT2D eigenvalue weighted by molar-refractivity contribution is -0.127. The maximum absolute atomic E-state index is 12.0. The first-order valence-corrected chi connectivity index (χ1v) is 7.17. The van der Waals surface area contributed by atoms with E-state index in [0.29, 0.717) is 5.75 Å². The Labute approximate surface area is 130 Å². The molecule has 1 atom stereocenters. The van der Waals surface area contributed by atoms with Gasteiger partial charge >= 0.3 is 0 Å². The third kappa shape index (κ3) is 4.74. The van der Waals surface area contributed by atoms with Crippen LogP contribution in [0.4, 0.5) is 0 Å². The summed E-state index contributed by atoms with van der Waals surface area (Å²) in [5.74, 6) is 0.401. The Morgan fingerprint density at radius 3 is 2.41 bits per heavy atom. The number of carbonyl (C=O) groups excluding carboxylic acids is 1. The van der Waals surface area contributed by atoms with Gasteiger partial charge < -0.3 is 4.74 Å². The van der Waals surface area contributed by atoms with Gasteiger partial charge in [0.15, 0.2) is 6.10 Å². The molecule has 4 heteroatoms. The number of hydrogen-bond donors (Lipinski definition) is 1. The van der Waals surface area contributed by atoms with Gasteiger partial charge in [-0.3, -0.25) is 4.79 Å². The number of hydrogen-bond acceptors (Lipinski definition) is 3. The second-order valence-corrected chi connectivity index (χ2v) is 5.23. The lowest BCUT2D eigenvalue weighted by atomic mass is 10.1. The molecule has 0 bridgehead atoms. The highest BCUT2D eigenvalue weighted by atomic mass is 16.5. The first-order chi connectivity index (χ1) is 10.5. The van der Waals surface area contributed by atoms with Gasteiger partial charge in [0.1, 0.15) is 5.75 Å². The van der Waals surface area contributed by atoms with E-state index < -0.39 is 6.10 Å². The average molecular weight is 296 g/mol. The zero-order chi connectivity index (χ0) is 15.9. The molecule has 1 unspecified atom stereocenters. The summed E-state index contributed by atoms with van der Waals surface area (Å²) < 4.78 is 5.65. The Balaban J connectivity index is 1.90. The number of hydrazone groups is 1. The smallest absolute Gasteiger partial charge is 0.280 e. The van der Waals surface area contributed by atoms with Crippen LogP contribution in [0.15, 0.2) is 53.6 Å². The minimum absolute atomic E-state index is 0.286. The monoisotopic (exact) mass is 296 g/mol. The zero-order valence-electron chi connectivity index (χ0n) is 13.0. The largest absolute Gasteiger partial charge is 0.481 e. The minimum Gasteiger partial charge on any atom is -0.481 e. The van der Waals surface area contributed by atoms with Crippen LogP contribution in [-0.4, -0.2) is 18.2 Å². The third-order valence-corrected chi connectivity index (χ3v) is 3.07. The van der Waals surface area contributed by atoms with Crippen molar-refractivity contribution < 1.29 is 9.53 Å². The van der Waals surface area contributed by atoms with Crippen molar-refractivity contribution in [3.05, 3.63) is 65.2 Å². The molecule has 22 heavy (non-hydrogen) atoms. The van der Waals surface area contributed by atoms with Crippen molar-refractivity contribution in [3.63, 3.8) is 0 Å². The summed E-state index contributed by atoms with van der Waals surface area (Å²) in [6.07, 6.45) is 0.982. The molecule has 4 nitrogen and oxygen atoms in total. The van der Waals surface area contributed by atoms with Gasteiger partial charge in [-0.1, -0.05) is 36.4 Å². The van der Waals surface area contributed by atoms with E-state index in [-0.39, 0.29) is 5.91 Å². The SMILES string of the molecule is Cc1cc(C)cc(OC(C)C(=O)NN=Cc2ccccc2)c1. The molecular weight excluding hydrogens is 276 g/mol. The Bertz CT molecular complexity index is 646. The second-order valence-electron chi connectivity index (χ2n) is 5.23. The van der Waals surface area contributed by atoms with Gasteiger partial charge in [0.2, 0.25) is 0 Å². The van der Waals surface area contributed by atoms with Crippen LogP contribution in [-0.2, 0) is 4.79 Å². The molecule has 2 rings (SSSR count). The van der Waals surface area contributed by atoms with Crippen LogP contribution < -0.4 is 10.2 Å². The van der Waals surface area contributed by atoms with E-state index in [1.54, 1.807) is 13.1 Å². The first-order valence-electron chi connectivity index (χ1n) is 7.17.